The maximum Gasteiger partial charge on any atom is 0.255 e. The molecule has 0 aliphatic carbocycles. The second kappa shape index (κ2) is 8.94. The predicted octanol–water partition coefficient (Wildman–Crippen LogP) is 2.79. The van der Waals surface area contributed by atoms with Crippen LogP contribution in [0.25, 0.3) is 0 Å². The molecule has 2 amide bonds. The van der Waals surface area contributed by atoms with Crippen LogP contribution < -0.4 is 11.1 Å². The highest BCUT2D eigenvalue weighted by atomic mass is 35.5. The van der Waals surface area contributed by atoms with Crippen molar-refractivity contribution in [2.45, 2.75) is 30.6 Å². The van der Waals surface area contributed by atoms with E-state index < -0.39 is 21.8 Å². The minimum absolute atomic E-state index is 0.0643. The minimum Gasteiger partial charge on any atom is -0.369 e. The maximum absolute atomic E-state index is 12.9. The summed E-state index contributed by atoms with van der Waals surface area (Å²) in [5, 5.41) is 2.80. The van der Waals surface area contributed by atoms with Crippen molar-refractivity contribution in [3.05, 3.63) is 58.6 Å². The number of rotatable bonds is 6. The SMILES string of the molecule is NC(=O)Cc1ccc(NC(=O)c2ccc(Cl)c(S(=O)(=O)N3CCCCC3)c2)cc1. The van der Waals surface area contributed by atoms with Gasteiger partial charge in [-0.2, -0.15) is 4.31 Å². The van der Waals surface area contributed by atoms with Crippen molar-refractivity contribution in [1.82, 2.24) is 4.31 Å². The van der Waals surface area contributed by atoms with Gasteiger partial charge in [0.15, 0.2) is 0 Å². The Balaban J connectivity index is 1.79. The van der Waals surface area contributed by atoms with E-state index in [1.54, 1.807) is 24.3 Å². The summed E-state index contributed by atoms with van der Waals surface area (Å²) in [4.78, 5) is 23.5. The van der Waals surface area contributed by atoms with Crippen molar-refractivity contribution < 1.29 is 18.0 Å². The molecule has 7 nitrogen and oxygen atoms in total. The molecule has 0 spiro atoms. The Hall–Kier alpha value is -2.42. The first-order chi connectivity index (χ1) is 13.8. The molecule has 1 saturated heterocycles. The molecule has 0 aromatic heterocycles. The molecule has 154 valence electrons. The first-order valence-electron chi connectivity index (χ1n) is 9.25. The Bertz CT molecular complexity index is 1020. The molecule has 0 unspecified atom stereocenters. The first kappa shape index (κ1) is 21.3. The summed E-state index contributed by atoms with van der Waals surface area (Å²) in [6, 6.07) is 10.9. The van der Waals surface area contributed by atoms with Crippen LogP contribution in [0.15, 0.2) is 47.4 Å². The van der Waals surface area contributed by atoms with Gasteiger partial charge in [0.05, 0.1) is 11.4 Å². The van der Waals surface area contributed by atoms with E-state index in [9.17, 15) is 18.0 Å². The average molecular weight is 436 g/mol. The summed E-state index contributed by atoms with van der Waals surface area (Å²) >= 11 is 6.15. The van der Waals surface area contributed by atoms with Crippen LogP contribution in [0.2, 0.25) is 5.02 Å². The monoisotopic (exact) mass is 435 g/mol. The zero-order valence-corrected chi connectivity index (χ0v) is 17.3. The third kappa shape index (κ3) is 5.14. The number of halogens is 1. The zero-order chi connectivity index (χ0) is 21.0. The van der Waals surface area contributed by atoms with Gasteiger partial charge in [-0.1, -0.05) is 30.2 Å². The van der Waals surface area contributed by atoms with Gasteiger partial charge in [-0.25, -0.2) is 8.42 Å². The Morgan fingerprint density at radius 1 is 1.03 bits per heavy atom. The molecule has 0 radical (unpaired) electrons. The quantitative estimate of drug-likeness (QED) is 0.726. The second-order valence-electron chi connectivity index (χ2n) is 6.90. The molecule has 1 fully saturated rings. The number of piperidine rings is 1. The number of sulfonamides is 1. The van der Waals surface area contributed by atoms with Gasteiger partial charge in [0.1, 0.15) is 4.90 Å². The highest BCUT2D eigenvalue weighted by molar-refractivity contribution is 7.89. The van der Waals surface area contributed by atoms with E-state index in [2.05, 4.69) is 5.32 Å². The number of nitrogens with two attached hydrogens (primary N) is 1. The minimum atomic E-state index is -3.76. The molecule has 2 aromatic rings. The van der Waals surface area contributed by atoms with E-state index in [0.29, 0.717) is 18.8 Å². The van der Waals surface area contributed by atoms with Gasteiger partial charge < -0.3 is 11.1 Å². The smallest absolute Gasteiger partial charge is 0.255 e. The van der Waals surface area contributed by atoms with E-state index in [1.165, 1.54) is 22.5 Å². The molecular weight excluding hydrogens is 414 g/mol. The van der Waals surface area contributed by atoms with Gasteiger partial charge in [0, 0.05) is 24.3 Å². The standard InChI is InChI=1S/C20H22ClN3O4S/c21-17-9-6-15(13-18(17)29(27,28)24-10-2-1-3-11-24)20(26)23-16-7-4-14(5-8-16)12-19(22)25/h4-9,13H,1-3,10-12H2,(H2,22,25)(H,23,26). The number of primary amides is 1. The normalized spacial score (nSPS) is 15.1. The molecule has 29 heavy (non-hydrogen) atoms. The first-order valence-corrected chi connectivity index (χ1v) is 11.1. The fraction of sp³-hybridized carbons (Fsp3) is 0.300. The molecule has 2 aromatic carbocycles. The van der Waals surface area contributed by atoms with Gasteiger partial charge in [0.2, 0.25) is 15.9 Å². The third-order valence-electron chi connectivity index (χ3n) is 4.72. The van der Waals surface area contributed by atoms with E-state index in [0.717, 1.165) is 24.8 Å². The number of carbonyl (C=O) groups excluding carboxylic acids is 2. The van der Waals surface area contributed by atoms with Gasteiger partial charge in [0.25, 0.3) is 5.91 Å². The van der Waals surface area contributed by atoms with E-state index in [-0.39, 0.29) is 21.9 Å². The number of hydrogen-bond acceptors (Lipinski definition) is 4. The molecule has 0 atom stereocenters. The number of hydrogen-bond donors (Lipinski definition) is 2. The summed E-state index contributed by atoms with van der Waals surface area (Å²) in [5.41, 5.74) is 6.59. The number of carbonyl (C=O) groups is 2. The van der Waals surface area contributed by atoms with Crippen molar-refractivity contribution >= 4 is 39.1 Å². The van der Waals surface area contributed by atoms with Crippen molar-refractivity contribution in [1.29, 1.82) is 0 Å². The Morgan fingerprint density at radius 3 is 2.31 bits per heavy atom. The topological polar surface area (TPSA) is 110 Å². The highest BCUT2D eigenvalue weighted by Crippen LogP contribution is 2.28. The lowest BCUT2D eigenvalue weighted by Crippen LogP contribution is -2.35. The van der Waals surface area contributed by atoms with Crippen LogP contribution in [0, 0.1) is 0 Å². The predicted molar refractivity (Wildman–Crippen MR) is 111 cm³/mol. The summed E-state index contributed by atoms with van der Waals surface area (Å²) in [5.74, 6) is -0.898. The Labute approximate surface area is 174 Å². The Kier molecular flexibility index (Phi) is 6.56. The van der Waals surface area contributed by atoms with Crippen molar-refractivity contribution in [2.75, 3.05) is 18.4 Å². The number of anilines is 1. The molecule has 0 saturated carbocycles. The van der Waals surface area contributed by atoms with Crippen molar-refractivity contribution in [2.24, 2.45) is 5.73 Å². The molecule has 1 aliphatic heterocycles. The molecule has 1 heterocycles. The highest BCUT2D eigenvalue weighted by Gasteiger charge is 2.28. The summed E-state index contributed by atoms with van der Waals surface area (Å²) in [6.45, 7) is 0.902. The molecule has 9 heteroatoms. The summed E-state index contributed by atoms with van der Waals surface area (Å²) in [7, 11) is -3.76. The van der Waals surface area contributed by atoms with Gasteiger partial charge in [-0.3, -0.25) is 9.59 Å². The number of amides is 2. The maximum atomic E-state index is 12.9. The van der Waals surface area contributed by atoms with Crippen LogP contribution in [0.5, 0.6) is 0 Å². The zero-order valence-electron chi connectivity index (χ0n) is 15.7. The molecular formula is C20H22ClN3O4S. The summed E-state index contributed by atoms with van der Waals surface area (Å²) in [6.07, 6.45) is 2.73. The van der Waals surface area contributed by atoms with Gasteiger partial charge in [-0.05, 0) is 48.7 Å². The lowest BCUT2D eigenvalue weighted by Gasteiger charge is -2.26. The van der Waals surface area contributed by atoms with Crippen LogP contribution in [-0.2, 0) is 21.2 Å². The lowest BCUT2D eigenvalue weighted by atomic mass is 10.1. The average Bonchev–Trinajstić information content (AvgIpc) is 2.70. The molecule has 1 aliphatic rings. The molecule has 3 rings (SSSR count). The van der Waals surface area contributed by atoms with Crippen LogP contribution in [0.4, 0.5) is 5.69 Å². The number of nitrogens with zero attached hydrogens (tertiary/aromatic N) is 1. The van der Waals surface area contributed by atoms with Crippen LogP contribution in [-0.4, -0.2) is 37.6 Å². The van der Waals surface area contributed by atoms with E-state index in [1.807, 2.05) is 0 Å². The van der Waals surface area contributed by atoms with Gasteiger partial charge in [-0.15, -0.1) is 0 Å². The second-order valence-corrected chi connectivity index (χ2v) is 9.22. The Morgan fingerprint density at radius 2 is 1.69 bits per heavy atom. The number of nitrogens with one attached hydrogen (secondary N) is 1. The third-order valence-corrected chi connectivity index (χ3v) is 7.10. The fourth-order valence-corrected chi connectivity index (χ4v) is 5.21. The number of benzene rings is 2. The van der Waals surface area contributed by atoms with Crippen LogP contribution in [0.1, 0.15) is 35.2 Å². The van der Waals surface area contributed by atoms with E-state index in [4.69, 9.17) is 17.3 Å². The summed E-state index contributed by atoms with van der Waals surface area (Å²) < 4.78 is 27.3. The van der Waals surface area contributed by atoms with Crippen LogP contribution >= 0.6 is 11.6 Å². The van der Waals surface area contributed by atoms with Crippen LogP contribution in [0.3, 0.4) is 0 Å². The van der Waals surface area contributed by atoms with Gasteiger partial charge >= 0.3 is 0 Å². The van der Waals surface area contributed by atoms with Crippen molar-refractivity contribution in [3.63, 3.8) is 0 Å². The fourth-order valence-electron chi connectivity index (χ4n) is 3.20. The largest absolute Gasteiger partial charge is 0.369 e. The van der Waals surface area contributed by atoms with Crippen molar-refractivity contribution in [3.8, 4) is 0 Å². The molecule has 3 N–H and O–H groups in total. The van der Waals surface area contributed by atoms with E-state index >= 15 is 0 Å². The lowest BCUT2D eigenvalue weighted by molar-refractivity contribution is -0.117. The molecule has 0 bridgehead atoms.